The molecule has 0 bridgehead atoms. The number of amides is 1. The third-order valence-electron chi connectivity index (χ3n) is 5.85. The minimum absolute atomic E-state index is 0.130. The van der Waals surface area contributed by atoms with E-state index in [1.807, 2.05) is 12.1 Å². The van der Waals surface area contributed by atoms with Crippen LogP contribution in [0.15, 0.2) is 48.9 Å². The average Bonchev–Trinajstić information content (AvgIpc) is 3.15. The highest BCUT2D eigenvalue weighted by Gasteiger charge is 2.22. The van der Waals surface area contributed by atoms with Crippen LogP contribution in [0, 0.1) is 0 Å². The number of carbonyl (C=O) groups excluding carboxylic acids is 1. The summed E-state index contributed by atoms with van der Waals surface area (Å²) in [6, 6.07) is 10.3. The Morgan fingerprint density at radius 2 is 2.00 bits per heavy atom. The van der Waals surface area contributed by atoms with Crippen LogP contribution in [0.1, 0.15) is 43.6 Å². The highest BCUT2D eigenvalue weighted by atomic mass is 35.5. The zero-order valence-electron chi connectivity index (χ0n) is 16.5. The number of carbonyl (C=O) groups is 1. The lowest BCUT2D eigenvalue weighted by Gasteiger charge is -2.26. The van der Waals surface area contributed by atoms with Crippen molar-refractivity contribution in [3.63, 3.8) is 0 Å². The molecule has 2 aromatic heterocycles. The van der Waals surface area contributed by atoms with Crippen LogP contribution in [-0.4, -0.2) is 27.4 Å². The first kappa shape index (κ1) is 19.0. The van der Waals surface area contributed by atoms with E-state index in [0.717, 1.165) is 29.9 Å². The molecule has 0 spiro atoms. The molecule has 0 unspecified atom stereocenters. The van der Waals surface area contributed by atoms with Crippen LogP contribution < -0.4 is 10.2 Å². The Bertz CT molecular complexity index is 1100. The lowest BCUT2D eigenvalue weighted by molar-refractivity contribution is -0.117. The Morgan fingerprint density at radius 1 is 1.10 bits per heavy atom. The van der Waals surface area contributed by atoms with E-state index in [0.29, 0.717) is 29.0 Å². The summed E-state index contributed by atoms with van der Waals surface area (Å²) < 4.78 is 0. The molecule has 0 radical (unpaired) electrons. The Labute approximate surface area is 180 Å². The lowest BCUT2D eigenvalue weighted by atomic mass is 9.79. The summed E-state index contributed by atoms with van der Waals surface area (Å²) >= 11 is 6.43. The number of benzene rings is 1. The van der Waals surface area contributed by atoms with Gasteiger partial charge in [-0.2, -0.15) is 0 Å². The number of aromatic nitrogens is 3. The van der Waals surface area contributed by atoms with E-state index in [1.54, 1.807) is 23.5 Å². The third kappa shape index (κ3) is 3.75. The highest BCUT2D eigenvalue weighted by molar-refractivity contribution is 6.32. The van der Waals surface area contributed by atoms with Crippen molar-refractivity contribution in [1.82, 2.24) is 15.0 Å². The van der Waals surface area contributed by atoms with Gasteiger partial charge in [0.2, 0.25) is 11.9 Å². The Balaban J connectivity index is 1.41. The molecule has 6 nitrogen and oxygen atoms in total. The lowest BCUT2D eigenvalue weighted by Crippen LogP contribution is -2.23. The molecule has 1 aliphatic carbocycles. The summed E-state index contributed by atoms with van der Waals surface area (Å²) in [6.07, 6.45) is 10.3. The van der Waals surface area contributed by atoms with E-state index in [4.69, 9.17) is 11.6 Å². The summed E-state index contributed by atoms with van der Waals surface area (Å²) in [4.78, 5) is 27.0. The van der Waals surface area contributed by atoms with Crippen LogP contribution in [0.2, 0.25) is 5.02 Å². The summed E-state index contributed by atoms with van der Waals surface area (Å²) in [5.41, 5.74) is 4.54. The van der Waals surface area contributed by atoms with E-state index in [9.17, 15) is 4.79 Å². The summed E-state index contributed by atoms with van der Waals surface area (Å²) in [6.45, 7) is 0.725. The Morgan fingerprint density at radius 3 is 2.77 bits per heavy atom. The van der Waals surface area contributed by atoms with Crippen molar-refractivity contribution in [3.8, 4) is 11.3 Å². The van der Waals surface area contributed by atoms with Gasteiger partial charge in [0, 0.05) is 18.5 Å². The first-order valence-electron chi connectivity index (χ1n) is 10.3. The maximum Gasteiger partial charge on any atom is 0.227 e. The molecule has 1 saturated heterocycles. The van der Waals surface area contributed by atoms with Gasteiger partial charge in [0.15, 0.2) is 0 Å². The molecule has 1 aliphatic heterocycles. The van der Waals surface area contributed by atoms with E-state index >= 15 is 0 Å². The van der Waals surface area contributed by atoms with Gasteiger partial charge in [-0.05, 0) is 42.9 Å². The number of hydrogen-bond acceptors (Lipinski definition) is 5. The molecule has 152 valence electrons. The molecule has 3 aromatic rings. The fourth-order valence-electron chi connectivity index (χ4n) is 4.01. The molecule has 30 heavy (non-hydrogen) atoms. The largest absolute Gasteiger partial charge is 0.323 e. The van der Waals surface area contributed by atoms with Gasteiger partial charge in [0.25, 0.3) is 0 Å². The van der Waals surface area contributed by atoms with Gasteiger partial charge in [0.05, 0.1) is 40.7 Å². The molecular formula is C23H22ClN5O. The number of halogens is 1. The zero-order valence-corrected chi connectivity index (χ0v) is 17.3. The number of rotatable bonds is 5. The van der Waals surface area contributed by atoms with Crippen LogP contribution in [0.3, 0.4) is 0 Å². The van der Waals surface area contributed by atoms with Crippen LogP contribution in [0.4, 0.5) is 17.3 Å². The topological polar surface area (TPSA) is 71.0 Å². The molecule has 7 heteroatoms. The minimum Gasteiger partial charge on any atom is -0.323 e. The average molecular weight is 420 g/mol. The maximum atomic E-state index is 12.0. The standard InChI is InChI=1S/C23H22ClN5O/c24-20-14-26-23(27-18-11-19(13-25-12-18)29-9-3-8-21(29)30)28-22(20)17-7-2-6-16(10-17)15-4-1-5-15/h2,6-7,10-15H,1,3-5,8-9H2,(H,26,27,28). The monoisotopic (exact) mass is 419 g/mol. The van der Waals surface area contributed by atoms with Gasteiger partial charge in [-0.3, -0.25) is 9.78 Å². The van der Waals surface area contributed by atoms with Crippen molar-refractivity contribution in [2.75, 3.05) is 16.8 Å². The van der Waals surface area contributed by atoms with Crippen molar-refractivity contribution in [3.05, 3.63) is 59.5 Å². The summed E-state index contributed by atoms with van der Waals surface area (Å²) in [7, 11) is 0. The highest BCUT2D eigenvalue weighted by Crippen LogP contribution is 2.38. The minimum atomic E-state index is 0.130. The SMILES string of the molecule is O=C1CCCN1c1cncc(Nc2ncc(Cl)c(-c3cccc(C4CCC4)c3)n2)c1. The molecule has 0 atom stereocenters. The molecular weight excluding hydrogens is 398 g/mol. The van der Waals surface area contributed by atoms with Crippen molar-refractivity contribution in [2.24, 2.45) is 0 Å². The number of nitrogens with one attached hydrogen (secondary N) is 1. The molecule has 3 heterocycles. The number of pyridine rings is 1. The third-order valence-corrected chi connectivity index (χ3v) is 6.12. The first-order chi connectivity index (χ1) is 14.7. The first-order valence-corrected chi connectivity index (χ1v) is 10.7. The van der Waals surface area contributed by atoms with Crippen LogP contribution >= 0.6 is 11.6 Å². The second-order valence-electron chi connectivity index (χ2n) is 7.85. The predicted octanol–water partition coefficient (Wildman–Crippen LogP) is 5.33. The summed E-state index contributed by atoms with van der Waals surface area (Å²) in [5, 5.41) is 3.71. The Kier molecular flexibility index (Phi) is 5.09. The molecule has 2 aliphatic rings. The maximum absolute atomic E-state index is 12.0. The predicted molar refractivity (Wildman–Crippen MR) is 118 cm³/mol. The zero-order chi connectivity index (χ0) is 20.5. The number of anilines is 3. The molecule has 1 saturated carbocycles. The van der Waals surface area contributed by atoms with Gasteiger partial charge in [-0.1, -0.05) is 36.2 Å². The van der Waals surface area contributed by atoms with Gasteiger partial charge >= 0.3 is 0 Å². The van der Waals surface area contributed by atoms with E-state index in [-0.39, 0.29) is 5.91 Å². The molecule has 1 aromatic carbocycles. The van der Waals surface area contributed by atoms with Crippen LogP contribution in [0.5, 0.6) is 0 Å². The number of hydrogen-bond donors (Lipinski definition) is 1. The van der Waals surface area contributed by atoms with E-state index < -0.39 is 0 Å². The summed E-state index contributed by atoms with van der Waals surface area (Å²) in [5.74, 6) is 1.21. The smallest absolute Gasteiger partial charge is 0.227 e. The fourth-order valence-corrected chi connectivity index (χ4v) is 4.21. The molecule has 1 N–H and O–H groups in total. The normalized spacial score (nSPS) is 16.6. The van der Waals surface area contributed by atoms with Gasteiger partial charge in [-0.15, -0.1) is 0 Å². The van der Waals surface area contributed by atoms with Crippen molar-refractivity contribution in [1.29, 1.82) is 0 Å². The second kappa shape index (κ2) is 8.03. The van der Waals surface area contributed by atoms with Crippen molar-refractivity contribution in [2.45, 2.75) is 38.0 Å². The van der Waals surface area contributed by atoms with Gasteiger partial charge in [-0.25, -0.2) is 9.97 Å². The van der Waals surface area contributed by atoms with Crippen LogP contribution in [0.25, 0.3) is 11.3 Å². The second-order valence-corrected chi connectivity index (χ2v) is 8.26. The van der Waals surface area contributed by atoms with Crippen LogP contribution in [-0.2, 0) is 4.79 Å². The fraction of sp³-hybridized carbons (Fsp3) is 0.304. The quantitative estimate of drug-likeness (QED) is 0.605. The van der Waals surface area contributed by atoms with Crippen molar-refractivity contribution < 1.29 is 4.79 Å². The van der Waals surface area contributed by atoms with E-state index in [1.165, 1.54) is 24.8 Å². The number of nitrogens with zero attached hydrogens (tertiary/aromatic N) is 4. The van der Waals surface area contributed by atoms with Crippen molar-refractivity contribution >= 4 is 34.8 Å². The Hall–Kier alpha value is -2.99. The molecule has 5 rings (SSSR count). The van der Waals surface area contributed by atoms with Gasteiger partial charge < -0.3 is 10.2 Å². The molecule has 2 fully saturated rings. The van der Waals surface area contributed by atoms with Gasteiger partial charge in [0.1, 0.15) is 0 Å². The van der Waals surface area contributed by atoms with E-state index in [2.05, 4.69) is 38.5 Å². The molecule has 1 amide bonds.